The summed E-state index contributed by atoms with van der Waals surface area (Å²) in [7, 11) is 0. The van der Waals surface area contributed by atoms with Gasteiger partial charge in [-0.25, -0.2) is 4.79 Å². The van der Waals surface area contributed by atoms with E-state index in [1.165, 1.54) is 0 Å². The van der Waals surface area contributed by atoms with Gasteiger partial charge in [-0.2, -0.15) is 0 Å². The Hall–Kier alpha value is -2.93. The quantitative estimate of drug-likeness (QED) is 0.678. The molecule has 4 rings (SSSR count). The second-order valence-corrected chi connectivity index (χ2v) is 7.33. The summed E-state index contributed by atoms with van der Waals surface area (Å²) in [5.74, 6) is 2.19. The van der Waals surface area contributed by atoms with Crippen LogP contribution in [-0.4, -0.2) is 17.7 Å². The molecule has 0 fully saturated rings. The molecule has 0 aliphatic carbocycles. The first kappa shape index (κ1) is 17.5. The largest absolute Gasteiger partial charge is 0.467 e. The Morgan fingerprint density at radius 3 is 2.85 bits per heavy atom. The molecule has 0 saturated carbocycles. The smallest absolute Gasteiger partial charge is 0.318 e. The van der Waals surface area contributed by atoms with Crippen molar-refractivity contribution in [2.45, 2.75) is 26.1 Å². The van der Waals surface area contributed by atoms with Gasteiger partial charge in [-0.15, -0.1) is 11.3 Å². The molecule has 2 amide bonds. The van der Waals surface area contributed by atoms with Crippen LogP contribution < -0.4 is 14.8 Å². The van der Waals surface area contributed by atoms with Crippen molar-refractivity contribution >= 4 is 17.4 Å². The van der Waals surface area contributed by atoms with Gasteiger partial charge in [0.15, 0.2) is 11.5 Å². The van der Waals surface area contributed by atoms with E-state index in [4.69, 9.17) is 13.9 Å². The summed E-state index contributed by atoms with van der Waals surface area (Å²) in [6.07, 6.45) is 1.62. The molecular formula is C20H20N2O4S. The van der Waals surface area contributed by atoms with Crippen molar-refractivity contribution < 1.29 is 18.7 Å². The van der Waals surface area contributed by atoms with Crippen LogP contribution >= 0.6 is 11.3 Å². The Morgan fingerprint density at radius 2 is 2.07 bits per heavy atom. The molecule has 1 atom stereocenters. The Balaban J connectivity index is 1.46. The Bertz CT molecular complexity index is 857. The second kappa shape index (κ2) is 7.75. The first-order valence-corrected chi connectivity index (χ1v) is 9.57. The van der Waals surface area contributed by atoms with Crippen LogP contribution in [0.4, 0.5) is 4.79 Å². The van der Waals surface area contributed by atoms with Gasteiger partial charge >= 0.3 is 6.03 Å². The van der Waals surface area contributed by atoms with Crippen molar-refractivity contribution in [3.05, 3.63) is 70.3 Å². The summed E-state index contributed by atoms with van der Waals surface area (Å²) in [5.41, 5.74) is 0.960. The molecule has 3 aromatic rings. The van der Waals surface area contributed by atoms with Gasteiger partial charge in [0.2, 0.25) is 6.79 Å². The van der Waals surface area contributed by atoms with Crippen LogP contribution in [0.2, 0.25) is 0 Å². The molecule has 7 heteroatoms. The fourth-order valence-electron chi connectivity index (χ4n) is 2.92. The van der Waals surface area contributed by atoms with Crippen molar-refractivity contribution in [2.24, 2.45) is 0 Å². The number of carbonyl (C=O) groups excluding carboxylic acids is 1. The van der Waals surface area contributed by atoms with Crippen LogP contribution in [0.3, 0.4) is 0 Å². The number of urea groups is 1. The lowest BCUT2D eigenvalue weighted by Gasteiger charge is -2.24. The summed E-state index contributed by atoms with van der Waals surface area (Å²) in [6.45, 7) is 3.12. The van der Waals surface area contributed by atoms with E-state index < -0.39 is 0 Å². The average Bonchev–Trinajstić information content (AvgIpc) is 3.43. The van der Waals surface area contributed by atoms with Gasteiger partial charge in [-0.3, -0.25) is 0 Å². The molecule has 1 N–H and O–H groups in total. The van der Waals surface area contributed by atoms with Gasteiger partial charge in [0.1, 0.15) is 5.76 Å². The zero-order valence-corrected chi connectivity index (χ0v) is 15.7. The number of fused-ring (bicyclic) bond motifs is 1. The van der Waals surface area contributed by atoms with E-state index >= 15 is 0 Å². The number of hydrogen-bond acceptors (Lipinski definition) is 5. The standard InChI is InChI=1S/C20H20N2O4S/c1-14(15-6-7-18-19(10-15)26-13-25-18)21-20(23)22(11-16-4-2-8-24-16)12-17-5-3-9-27-17/h2-10,14H,11-13H2,1H3,(H,21,23)/t14-/m0/s1. The number of carbonyl (C=O) groups is 1. The third kappa shape index (κ3) is 4.09. The van der Waals surface area contributed by atoms with Crippen LogP contribution in [0.5, 0.6) is 11.5 Å². The number of rotatable bonds is 6. The Morgan fingerprint density at radius 1 is 1.19 bits per heavy atom. The number of hydrogen-bond donors (Lipinski definition) is 1. The first-order valence-electron chi connectivity index (χ1n) is 8.69. The summed E-state index contributed by atoms with van der Waals surface area (Å²) in [6, 6.07) is 13.1. The third-order valence-corrected chi connectivity index (χ3v) is 5.24. The van der Waals surface area contributed by atoms with Crippen LogP contribution in [-0.2, 0) is 13.1 Å². The number of benzene rings is 1. The van der Waals surface area contributed by atoms with Crippen LogP contribution in [0.25, 0.3) is 0 Å². The van der Waals surface area contributed by atoms with Gasteiger partial charge < -0.3 is 24.1 Å². The highest BCUT2D eigenvalue weighted by atomic mass is 32.1. The van der Waals surface area contributed by atoms with Crippen molar-refractivity contribution in [1.29, 1.82) is 0 Å². The van der Waals surface area contributed by atoms with E-state index in [0.717, 1.165) is 22.0 Å². The maximum absolute atomic E-state index is 12.9. The minimum Gasteiger partial charge on any atom is -0.467 e. The minimum atomic E-state index is -0.172. The number of thiophene rings is 1. The Kier molecular flexibility index (Phi) is 5.02. The van der Waals surface area contributed by atoms with Gasteiger partial charge in [-0.1, -0.05) is 12.1 Å². The van der Waals surface area contributed by atoms with Crippen LogP contribution in [0, 0.1) is 0 Å². The molecule has 3 heterocycles. The average molecular weight is 384 g/mol. The predicted octanol–water partition coefficient (Wildman–Crippen LogP) is 4.54. The molecule has 27 heavy (non-hydrogen) atoms. The summed E-state index contributed by atoms with van der Waals surface area (Å²) in [5, 5.41) is 5.07. The summed E-state index contributed by atoms with van der Waals surface area (Å²) in [4.78, 5) is 15.8. The number of furan rings is 1. The van der Waals surface area contributed by atoms with E-state index in [1.807, 2.05) is 54.8 Å². The molecule has 0 saturated heterocycles. The number of nitrogens with zero attached hydrogens (tertiary/aromatic N) is 1. The number of ether oxygens (including phenoxy) is 2. The van der Waals surface area contributed by atoms with Crippen LogP contribution in [0.1, 0.15) is 29.2 Å². The molecule has 0 radical (unpaired) electrons. The van der Waals surface area contributed by atoms with Crippen molar-refractivity contribution in [1.82, 2.24) is 10.2 Å². The maximum Gasteiger partial charge on any atom is 0.318 e. The lowest BCUT2D eigenvalue weighted by Crippen LogP contribution is -2.40. The van der Waals surface area contributed by atoms with Crippen molar-refractivity contribution in [3.63, 3.8) is 0 Å². The highest BCUT2D eigenvalue weighted by Gasteiger charge is 2.21. The van der Waals surface area contributed by atoms with Crippen molar-refractivity contribution in [2.75, 3.05) is 6.79 Å². The molecular weight excluding hydrogens is 364 g/mol. The molecule has 0 bridgehead atoms. The first-order chi connectivity index (χ1) is 13.2. The van der Waals surface area contributed by atoms with E-state index in [9.17, 15) is 4.79 Å². The molecule has 1 aromatic carbocycles. The van der Waals surface area contributed by atoms with E-state index in [1.54, 1.807) is 22.5 Å². The van der Waals surface area contributed by atoms with Gasteiger partial charge in [0.25, 0.3) is 0 Å². The normalized spacial score (nSPS) is 13.4. The zero-order valence-electron chi connectivity index (χ0n) is 14.9. The Labute approximate surface area is 161 Å². The number of amides is 2. The van der Waals surface area contributed by atoms with Crippen molar-refractivity contribution in [3.8, 4) is 11.5 Å². The molecule has 6 nitrogen and oxygen atoms in total. The SMILES string of the molecule is C[C@H](NC(=O)N(Cc1ccco1)Cc1cccs1)c1ccc2c(c1)OCO2. The minimum absolute atomic E-state index is 0.148. The fourth-order valence-corrected chi connectivity index (χ4v) is 3.64. The fraction of sp³-hybridized carbons (Fsp3) is 0.250. The summed E-state index contributed by atoms with van der Waals surface area (Å²) < 4.78 is 16.2. The topological polar surface area (TPSA) is 63.9 Å². The van der Waals surface area contributed by atoms with Gasteiger partial charge in [0.05, 0.1) is 25.4 Å². The predicted molar refractivity (Wildman–Crippen MR) is 102 cm³/mol. The monoisotopic (exact) mass is 384 g/mol. The maximum atomic E-state index is 12.9. The van der Waals surface area contributed by atoms with E-state index in [-0.39, 0.29) is 18.9 Å². The zero-order chi connectivity index (χ0) is 18.6. The van der Waals surface area contributed by atoms with Gasteiger partial charge in [0, 0.05) is 4.88 Å². The van der Waals surface area contributed by atoms with Crippen LogP contribution in [0.15, 0.2) is 58.5 Å². The lowest BCUT2D eigenvalue weighted by molar-refractivity contribution is 0.173. The van der Waals surface area contributed by atoms with E-state index in [0.29, 0.717) is 18.8 Å². The molecule has 0 spiro atoms. The highest BCUT2D eigenvalue weighted by molar-refractivity contribution is 7.09. The highest BCUT2D eigenvalue weighted by Crippen LogP contribution is 2.34. The lowest BCUT2D eigenvalue weighted by atomic mass is 10.1. The van der Waals surface area contributed by atoms with Gasteiger partial charge in [-0.05, 0) is 48.2 Å². The number of nitrogens with one attached hydrogen (secondary N) is 1. The van der Waals surface area contributed by atoms with E-state index in [2.05, 4.69) is 5.32 Å². The summed E-state index contributed by atoms with van der Waals surface area (Å²) >= 11 is 1.63. The molecule has 140 valence electrons. The molecule has 1 aliphatic rings. The second-order valence-electron chi connectivity index (χ2n) is 6.30. The molecule has 2 aromatic heterocycles. The molecule has 0 unspecified atom stereocenters. The molecule has 1 aliphatic heterocycles. The third-order valence-electron chi connectivity index (χ3n) is 4.38.